The quantitative estimate of drug-likeness (QED) is 0.274. The second-order valence-electron chi connectivity index (χ2n) is 5.84. The summed E-state index contributed by atoms with van der Waals surface area (Å²) in [4.78, 5) is 14.2. The predicted molar refractivity (Wildman–Crippen MR) is 119 cm³/mol. The summed E-state index contributed by atoms with van der Waals surface area (Å²) >= 11 is 10.6. The van der Waals surface area contributed by atoms with Crippen molar-refractivity contribution < 1.29 is 0 Å². The fourth-order valence-corrected chi connectivity index (χ4v) is 4.19. The van der Waals surface area contributed by atoms with Crippen LogP contribution in [0.1, 0.15) is 0 Å². The Kier molecular flexibility index (Phi) is 5.48. The number of nitrogens with zero attached hydrogens (tertiary/aromatic N) is 3. The number of rotatable bonds is 3. The molecular weight excluding hydrogens is 534 g/mol. The third-order valence-corrected chi connectivity index (χ3v) is 5.33. The van der Waals surface area contributed by atoms with Crippen LogP contribution in [0.25, 0.3) is 34.2 Å². The van der Waals surface area contributed by atoms with Crippen LogP contribution in [0.5, 0.6) is 0 Å². The first-order chi connectivity index (χ1) is 13.1. The molecule has 0 N–H and O–H groups in total. The molecule has 3 aromatic carbocycles. The van der Waals surface area contributed by atoms with Gasteiger partial charge in [0.25, 0.3) is 0 Å². The van der Waals surface area contributed by atoms with Gasteiger partial charge < -0.3 is 0 Å². The molecule has 0 aliphatic carbocycles. The number of hydrogen-bond acceptors (Lipinski definition) is 3. The number of hydrogen-bond donors (Lipinski definition) is 0. The molecule has 0 amide bonds. The Morgan fingerprint density at radius 3 is 1.48 bits per heavy atom. The smallest absolute Gasteiger partial charge is 0.164 e. The minimum absolute atomic E-state index is 0.628. The molecule has 0 saturated heterocycles. The second kappa shape index (κ2) is 8.00. The Labute approximate surface area is 182 Å². The number of halogens is 3. The van der Waals surface area contributed by atoms with Crippen LogP contribution < -0.4 is 0 Å². The lowest BCUT2D eigenvalue weighted by Gasteiger charge is -2.09. The maximum absolute atomic E-state index is 4.73. The molecule has 0 aliphatic heterocycles. The molecular formula is C21H12Br3N3. The molecule has 3 nitrogen and oxygen atoms in total. The second-order valence-corrected chi connectivity index (χ2v) is 8.58. The Bertz CT molecular complexity index is 1080. The van der Waals surface area contributed by atoms with Gasteiger partial charge in [-0.15, -0.1) is 0 Å². The van der Waals surface area contributed by atoms with Gasteiger partial charge in [-0.2, -0.15) is 0 Å². The van der Waals surface area contributed by atoms with Gasteiger partial charge in [0.15, 0.2) is 17.5 Å². The average molecular weight is 546 g/mol. The van der Waals surface area contributed by atoms with Crippen LogP contribution >= 0.6 is 47.8 Å². The largest absolute Gasteiger partial charge is 0.208 e. The SMILES string of the molecule is Brc1ccc(-c2nc(-c3ccccc3)nc(-c3cc(Br)cc(Br)c3)n2)cc1. The Hall–Kier alpha value is -1.89. The van der Waals surface area contributed by atoms with Crippen molar-refractivity contribution in [2.45, 2.75) is 0 Å². The highest BCUT2D eigenvalue weighted by atomic mass is 79.9. The van der Waals surface area contributed by atoms with Crippen LogP contribution in [0.3, 0.4) is 0 Å². The molecule has 0 unspecified atom stereocenters. The molecule has 0 bridgehead atoms. The van der Waals surface area contributed by atoms with Gasteiger partial charge in [-0.25, -0.2) is 15.0 Å². The lowest BCUT2D eigenvalue weighted by molar-refractivity contribution is 1.07. The minimum Gasteiger partial charge on any atom is -0.208 e. The highest BCUT2D eigenvalue weighted by Gasteiger charge is 2.13. The van der Waals surface area contributed by atoms with Crippen LogP contribution in [0, 0.1) is 0 Å². The van der Waals surface area contributed by atoms with Crippen molar-refractivity contribution in [2.75, 3.05) is 0 Å². The van der Waals surface area contributed by atoms with E-state index in [1.807, 2.05) is 72.8 Å². The Balaban J connectivity index is 1.92. The molecule has 0 fully saturated rings. The topological polar surface area (TPSA) is 38.7 Å². The number of benzene rings is 3. The third-order valence-electron chi connectivity index (χ3n) is 3.89. The monoisotopic (exact) mass is 543 g/mol. The third kappa shape index (κ3) is 4.34. The highest BCUT2D eigenvalue weighted by molar-refractivity contribution is 9.11. The summed E-state index contributed by atoms with van der Waals surface area (Å²) in [5, 5.41) is 0. The molecule has 0 saturated carbocycles. The van der Waals surface area contributed by atoms with Gasteiger partial charge in [0.05, 0.1) is 0 Å². The van der Waals surface area contributed by atoms with Crippen molar-refractivity contribution in [3.63, 3.8) is 0 Å². The lowest BCUT2D eigenvalue weighted by atomic mass is 10.1. The Morgan fingerprint density at radius 2 is 0.926 bits per heavy atom. The van der Waals surface area contributed by atoms with E-state index < -0.39 is 0 Å². The molecule has 132 valence electrons. The maximum Gasteiger partial charge on any atom is 0.164 e. The van der Waals surface area contributed by atoms with Crippen molar-refractivity contribution >= 4 is 47.8 Å². The zero-order valence-electron chi connectivity index (χ0n) is 13.9. The minimum atomic E-state index is 0.628. The van der Waals surface area contributed by atoms with Crippen LogP contribution in [0.4, 0.5) is 0 Å². The molecule has 27 heavy (non-hydrogen) atoms. The van der Waals surface area contributed by atoms with Gasteiger partial charge in [0.1, 0.15) is 0 Å². The zero-order chi connectivity index (χ0) is 18.8. The first-order valence-corrected chi connectivity index (χ1v) is 10.5. The van der Waals surface area contributed by atoms with E-state index in [-0.39, 0.29) is 0 Å². The summed E-state index contributed by atoms with van der Waals surface area (Å²) in [7, 11) is 0. The normalized spacial score (nSPS) is 10.8. The van der Waals surface area contributed by atoms with Gasteiger partial charge >= 0.3 is 0 Å². The van der Waals surface area contributed by atoms with E-state index in [1.54, 1.807) is 0 Å². The van der Waals surface area contributed by atoms with Crippen molar-refractivity contribution in [1.82, 2.24) is 15.0 Å². The van der Waals surface area contributed by atoms with Gasteiger partial charge in [-0.3, -0.25) is 0 Å². The van der Waals surface area contributed by atoms with Crippen molar-refractivity contribution in [2.24, 2.45) is 0 Å². The highest BCUT2D eigenvalue weighted by Crippen LogP contribution is 2.29. The van der Waals surface area contributed by atoms with E-state index in [0.29, 0.717) is 17.5 Å². The molecule has 1 heterocycles. The Morgan fingerprint density at radius 1 is 0.444 bits per heavy atom. The van der Waals surface area contributed by atoms with Crippen LogP contribution in [-0.4, -0.2) is 15.0 Å². The summed E-state index contributed by atoms with van der Waals surface area (Å²) in [6.07, 6.45) is 0. The fourth-order valence-electron chi connectivity index (χ4n) is 2.63. The van der Waals surface area contributed by atoms with Gasteiger partial charge in [-0.1, -0.05) is 90.3 Å². The summed E-state index contributed by atoms with van der Waals surface area (Å²) < 4.78 is 2.93. The molecule has 0 spiro atoms. The molecule has 6 heteroatoms. The van der Waals surface area contributed by atoms with Crippen LogP contribution in [0.15, 0.2) is 86.2 Å². The molecule has 0 atom stereocenters. The van der Waals surface area contributed by atoms with E-state index in [0.717, 1.165) is 30.1 Å². The first kappa shape index (κ1) is 18.5. The van der Waals surface area contributed by atoms with Crippen LogP contribution in [-0.2, 0) is 0 Å². The van der Waals surface area contributed by atoms with E-state index in [4.69, 9.17) is 15.0 Å². The lowest BCUT2D eigenvalue weighted by Crippen LogP contribution is -2.00. The zero-order valence-corrected chi connectivity index (χ0v) is 18.7. The summed E-state index contributed by atoms with van der Waals surface area (Å²) in [5.41, 5.74) is 2.80. The van der Waals surface area contributed by atoms with Crippen molar-refractivity contribution in [3.05, 3.63) is 86.2 Å². The van der Waals surface area contributed by atoms with Gasteiger partial charge in [-0.05, 0) is 30.3 Å². The fraction of sp³-hybridized carbons (Fsp3) is 0. The van der Waals surface area contributed by atoms with Crippen molar-refractivity contribution in [3.8, 4) is 34.2 Å². The van der Waals surface area contributed by atoms with Gasteiger partial charge in [0, 0.05) is 30.1 Å². The standard InChI is InChI=1S/C21H12Br3N3/c22-16-8-6-14(7-9-16)20-25-19(13-4-2-1-3-5-13)26-21(27-20)15-10-17(23)12-18(24)11-15/h1-12H. The average Bonchev–Trinajstić information content (AvgIpc) is 2.68. The maximum atomic E-state index is 4.73. The molecule has 4 rings (SSSR count). The van der Waals surface area contributed by atoms with E-state index in [2.05, 4.69) is 47.8 Å². The molecule has 0 radical (unpaired) electrons. The van der Waals surface area contributed by atoms with E-state index in [9.17, 15) is 0 Å². The molecule has 0 aliphatic rings. The van der Waals surface area contributed by atoms with Crippen LogP contribution in [0.2, 0.25) is 0 Å². The first-order valence-electron chi connectivity index (χ1n) is 8.12. The molecule has 1 aromatic heterocycles. The molecule has 4 aromatic rings. The number of aromatic nitrogens is 3. The van der Waals surface area contributed by atoms with E-state index in [1.165, 1.54) is 0 Å². The summed E-state index contributed by atoms with van der Waals surface area (Å²) in [6.45, 7) is 0. The predicted octanol–water partition coefficient (Wildman–Crippen LogP) is 7.16. The van der Waals surface area contributed by atoms with Crippen molar-refractivity contribution in [1.29, 1.82) is 0 Å². The summed E-state index contributed by atoms with van der Waals surface area (Å²) in [5.74, 6) is 1.92. The van der Waals surface area contributed by atoms with Gasteiger partial charge in [0.2, 0.25) is 0 Å². The van der Waals surface area contributed by atoms with E-state index >= 15 is 0 Å². The summed E-state index contributed by atoms with van der Waals surface area (Å²) in [6, 6.07) is 23.9.